The minimum absolute atomic E-state index is 0.332. The predicted octanol–water partition coefficient (Wildman–Crippen LogP) is 7.13. The molecule has 11 heteroatoms. The van der Waals surface area contributed by atoms with E-state index in [-0.39, 0.29) is 5.91 Å². The summed E-state index contributed by atoms with van der Waals surface area (Å²) in [7, 11) is 0. The standard InChI is InChI=1S/C34H31N7O4/c1-34(2,3)45-33(44)41-29-12-5-4-11-28(29)39-31(43)23-15-13-22(14-16-23)30(42)37-25-9-6-10-26(20-25)38-32-36-19-17-27(40-32)24-8-7-18-35-21-24/h4-21H,1-3H3,(H,37,42)(H,39,43)(H,41,44)(H,36,38,40). The van der Waals surface area contributed by atoms with E-state index in [2.05, 4.69) is 36.2 Å². The van der Waals surface area contributed by atoms with Gasteiger partial charge in [0.2, 0.25) is 5.95 Å². The van der Waals surface area contributed by atoms with Crippen LogP contribution in [-0.2, 0) is 4.74 Å². The van der Waals surface area contributed by atoms with Crippen molar-refractivity contribution in [2.45, 2.75) is 26.4 Å². The summed E-state index contributed by atoms with van der Waals surface area (Å²) in [6.45, 7) is 5.29. The Morgan fingerprint density at radius 3 is 2.02 bits per heavy atom. The molecule has 0 aliphatic rings. The van der Waals surface area contributed by atoms with Crippen molar-refractivity contribution in [3.63, 3.8) is 0 Å². The van der Waals surface area contributed by atoms with Crippen LogP contribution < -0.4 is 21.3 Å². The van der Waals surface area contributed by atoms with Gasteiger partial charge in [-0.15, -0.1) is 0 Å². The minimum atomic E-state index is -0.668. The van der Waals surface area contributed by atoms with Gasteiger partial charge < -0.3 is 20.7 Å². The number of anilines is 5. The van der Waals surface area contributed by atoms with Crippen LogP contribution in [0.5, 0.6) is 0 Å². The van der Waals surface area contributed by atoms with Crippen molar-refractivity contribution in [3.05, 3.63) is 121 Å². The Balaban J connectivity index is 1.20. The normalized spacial score (nSPS) is 10.8. The fraction of sp³-hybridized carbons (Fsp3) is 0.118. The number of hydrogen-bond acceptors (Lipinski definition) is 8. The van der Waals surface area contributed by atoms with Crippen LogP contribution >= 0.6 is 0 Å². The summed E-state index contributed by atoms with van der Waals surface area (Å²) in [5.74, 6) is -0.355. The molecular weight excluding hydrogens is 570 g/mol. The van der Waals surface area contributed by atoms with Crippen LogP contribution in [0, 0.1) is 0 Å². The molecule has 4 N–H and O–H groups in total. The van der Waals surface area contributed by atoms with E-state index >= 15 is 0 Å². The van der Waals surface area contributed by atoms with Crippen molar-refractivity contribution >= 4 is 46.6 Å². The van der Waals surface area contributed by atoms with Gasteiger partial charge in [-0.05, 0) is 93.6 Å². The molecule has 45 heavy (non-hydrogen) atoms. The molecule has 3 amide bonds. The topological polar surface area (TPSA) is 147 Å². The number of ether oxygens (including phenoxy) is 1. The van der Waals surface area contributed by atoms with E-state index in [1.807, 2.05) is 18.2 Å². The summed E-state index contributed by atoms with van der Waals surface area (Å²) >= 11 is 0. The van der Waals surface area contributed by atoms with E-state index in [0.29, 0.717) is 39.8 Å². The zero-order valence-electron chi connectivity index (χ0n) is 24.9. The van der Waals surface area contributed by atoms with Crippen LogP contribution in [0.2, 0.25) is 0 Å². The smallest absolute Gasteiger partial charge is 0.412 e. The Bertz CT molecular complexity index is 1820. The number of rotatable bonds is 8. The highest BCUT2D eigenvalue weighted by atomic mass is 16.6. The zero-order chi connectivity index (χ0) is 31.8. The zero-order valence-corrected chi connectivity index (χ0v) is 24.9. The quantitative estimate of drug-likeness (QED) is 0.147. The van der Waals surface area contributed by atoms with Gasteiger partial charge in [-0.25, -0.2) is 14.8 Å². The highest BCUT2D eigenvalue weighted by Crippen LogP contribution is 2.24. The fourth-order valence-corrected chi connectivity index (χ4v) is 4.18. The number of para-hydroxylation sites is 2. The first-order valence-electron chi connectivity index (χ1n) is 14.1. The van der Waals surface area contributed by atoms with Gasteiger partial charge in [-0.2, -0.15) is 0 Å². The number of benzene rings is 3. The molecule has 11 nitrogen and oxygen atoms in total. The third-order valence-electron chi connectivity index (χ3n) is 6.21. The second-order valence-electron chi connectivity index (χ2n) is 10.9. The van der Waals surface area contributed by atoms with Crippen LogP contribution in [0.1, 0.15) is 41.5 Å². The van der Waals surface area contributed by atoms with Crippen LogP contribution in [0.3, 0.4) is 0 Å². The van der Waals surface area contributed by atoms with Gasteiger partial charge in [0.1, 0.15) is 5.60 Å². The number of carbonyl (C=O) groups is 3. The molecule has 0 atom stereocenters. The van der Waals surface area contributed by atoms with E-state index < -0.39 is 17.6 Å². The molecule has 226 valence electrons. The lowest BCUT2D eigenvalue weighted by Crippen LogP contribution is -2.27. The number of amides is 3. The van der Waals surface area contributed by atoms with Crippen LogP contribution in [0.15, 0.2) is 110 Å². The molecule has 0 spiro atoms. The Morgan fingerprint density at radius 2 is 1.36 bits per heavy atom. The number of pyridine rings is 1. The molecule has 2 heterocycles. The SMILES string of the molecule is CC(C)(C)OC(=O)Nc1ccccc1NC(=O)c1ccc(C(=O)Nc2cccc(Nc3nccc(-c4cccnc4)n3)c2)cc1. The Morgan fingerprint density at radius 1 is 0.689 bits per heavy atom. The van der Waals surface area contributed by atoms with Crippen LogP contribution in [0.25, 0.3) is 11.3 Å². The molecular formula is C34H31N7O4. The van der Waals surface area contributed by atoms with Crippen molar-refractivity contribution in [2.24, 2.45) is 0 Å². The number of nitrogens with one attached hydrogen (secondary N) is 4. The summed E-state index contributed by atoms with van der Waals surface area (Å²) in [6.07, 6.45) is 4.45. The van der Waals surface area contributed by atoms with E-state index in [1.165, 1.54) is 0 Å². The summed E-state index contributed by atoms with van der Waals surface area (Å²) < 4.78 is 5.31. The molecule has 2 aromatic heterocycles. The summed E-state index contributed by atoms with van der Waals surface area (Å²) in [5.41, 5.74) is 3.66. The van der Waals surface area contributed by atoms with E-state index in [9.17, 15) is 14.4 Å². The molecule has 0 bridgehead atoms. The number of carbonyl (C=O) groups excluding carboxylic acids is 3. The highest BCUT2D eigenvalue weighted by molar-refractivity contribution is 6.08. The molecule has 0 saturated heterocycles. The average Bonchev–Trinajstić information content (AvgIpc) is 3.02. The van der Waals surface area contributed by atoms with Crippen molar-refractivity contribution in [1.82, 2.24) is 15.0 Å². The van der Waals surface area contributed by atoms with E-state index in [1.54, 1.807) is 112 Å². The van der Waals surface area contributed by atoms with Gasteiger partial charge >= 0.3 is 6.09 Å². The van der Waals surface area contributed by atoms with Gasteiger partial charge in [0.25, 0.3) is 11.8 Å². The maximum atomic E-state index is 13.0. The molecule has 5 aromatic rings. The second-order valence-corrected chi connectivity index (χ2v) is 10.9. The predicted molar refractivity (Wildman–Crippen MR) is 174 cm³/mol. The molecule has 3 aromatic carbocycles. The van der Waals surface area contributed by atoms with Gasteiger partial charge in [0, 0.05) is 46.7 Å². The first-order chi connectivity index (χ1) is 21.6. The Hall–Kier alpha value is -6.10. The first kappa shape index (κ1) is 30.4. The van der Waals surface area contributed by atoms with Crippen molar-refractivity contribution in [1.29, 1.82) is 0 Å². The Labute approximate surface area is 260 Å². The second kappa shape index (κ2) is 13.5. The number of hydrogen-bond donors (Lipinski definition) is 4. The average molecular weight is 602 g/mol. The molecule has 0 radical (unpaired) electrons. The van der Waals surface area contributed by atoms with Crippen molar-refractivity contribution in [2.75, 3.05) is 21.3 Å². The van der Waals surface area contributed by atoms with Crippen LogP contribution in [-0.4, -0.2) is 38.5 Å². The minimum Gasteiger partial charge on any atom is -0.444 e. The molecule has 0 unspecified atom stereocenters. The molecule has 0 aliphatic carbocycles. The third kappa shape index (κ3) is 8.48. The number of aromatic nitrogens is 3. The van der Waals surface area contributed by atoms with Gasteiger partial charge in [-0.3, -0.25) is 19.9 Å². The first-order valence-corrected chi connectivity index (χ1v) is 14.1. The summed E-state index contributed by atoms with van der Waals surface area (Å²) in [5, 5.41) is 11.5. The molecule has 5 rings (SSSR count). The maximum Gasteiger partial charge on any atom is 0.412 e. The van der Waals surface area contributed by atoms with E-state index in [4.69, 9.17) is 4.74 Å². The molecule has 0 fully saturated rings. The monoisotopic (exact) mass is 601 g/mol. The fourth-order valence-electron chi connectivity index (χ4n) is 4.18. The van der Waals surface area contributed by atoms with Gasteiger partial charge in [0.15, 0.2) is 0 Å². The highest BCUT2D eigenvalue weighted by Gasteiger charge is 2.18. The van der Waals surface area contributed by atoms with Crippen LogP contribution in [0.4, 0.5) is 33.5 Å². The number of nitrogens with zero attached hydrogens (tertiary/aromatic N) is 3. The van der Waals surface area contributed by atoms with Crippen molar-refractivity contribution < 1.29 is 19.1 Å². The molecule has 0 saturated carbocycles. The summed E-state index contributed by atoms with van der Waals surface area (Å²) in [6, 6.07) is 25.8. The van der Waals surface area contributed by atoms with Crippen molar-refractivity contribution in [3.8, 4) is 11.3 Å². The lowest BCUT2D eigenvalue weighted by atomic mass is 10.1. The lowest BCUT2D eigenvalue weighted by molar-refractivity contribution is 0.0635. The summed E-state index contributed by atoms with van der Waals surface area (Å²) in [4.78, 5) is 51.2. The largest absolute Gasteiger partial charge is 0.444 e. The third-order valence-corrected chi connectivity index (χ3v) is 6.21. The van der Waals surface area contributed by atoms with Gasteiger partial charge in [0.05, 0.1) is 17.1 Å². The van der Waals surface area contributed by atoms with Gasteiger partial charge in [-0.1, -0.05) is 18.2 Å². The maximum absolute atomic E-state index is 13.0. The van der Waals surface area contributed by atoms with E-state index in [0.717, 1.165) is 11.3 Å². The lowest BCUT2D eigenvalue weighted by Gasteiger charge is -2.20. The molecule has 0 aliphatic heterocycles. The Kier molecular flexibility index (Phi) is 9.09.